The van der Waals surface area contributed by atoms with Gasteiger partial charge in [-0.1, -0.05) is 15.9 Å². The van der Waals surface area contributed by atoms with E-state index in [1.165, 1.54) is 10.9 Å². The van der Waals surface area contributed by atoms with Gasteiger partial charge in [0.25, 0.3) is 5.56 Å². The second kappa shape index (κ2) is 9.03. The highest BCUT2D eigenvalue weighted by atomic mass is 79.9. The number of carbonyl (C=O) groups is 1. The van der Waals surface area contributed by atoms with Crippen LogP contribution >= 0.6 is 15.9 Å². The molecule has 31 heavy (non-hydrogen) atoms. The van der Waals surface area contributed by atoms with Crippen LogP contribution in [0, 0.1) is 0 Å². The largest absolute Gasteiger partial charge is 0.346 e. The second-order valence-corrected chi connectivity index (χ2v) is 8.70. The van der Waals surface area contributed by atoms with Gasteiger partial charge < -0.3 is 14.8 Å². The maximum atomic E-state index is 12.7. The molecule has 0 bridgehead atoms. The van der Waals surface area contributed by atoms with Gasteiger partial charge in [0, 0.05) is 53.3 Å². The molecular weight excluding hydrogens is 458 g/mol. The van der Waals surface area contributed by atoms with Crippen molar-refractivity contribution >= 4 is 49.3 Å². The minimum atomic E-state index is -0.153. The number of nitrogens with zero attached hydrogens (tertiary/aromatic N) is 4. The number of aromatic nitrogens is 3. The highest BCUT2D eigenvalue weighted by molar-refractivity contribution is 9.10. The Labute approximate surface area is 188 Å². The van der Waals surface area contributed by atoms with Crippen molar-refractivity contribution < 1.29 is 4.79 Å². The Hall–Kier alpha value is -2.97. The van der Waals surface area contributed by atoms with Crippen molar-refractivity contribution in [2.24, 2.45) is 0 Å². The molecule has 2 aromatic carbocycles. The number of aryl methyl sites for hydroxylation is 1. The SMILES string of the molecule is CN(C)CCn1ccc2cc(NC(=O)CCn3cnc4ccc(Br)cc4c3=O)ccc21. The maximum Gasteiger partial charge on any atom is 0.261 e. The molecular formula is C23H24BrN5O2. The summed E-state index contributed by atoms with van der Waals surface area (Å²) < 4.78 is 4.50. The Morgan fingerprint density at radius 1 is 1.10 bits per heavy atom. The van der Waals surface area contributed by atoms with E-state index >= 15 is 0 Å². The Kier molecular flexibility index (Phi) is 6.20. The summed E-state index contributed by atoms with van der Waals surface area (Å²) in [5.74, 6) is -0.146. The van der Waals surface area contributed by atoms with Gasteiger partial charge >= 0.3 is 0 Å². The number of halogens is 1. The third-order valence-corrected chi connectivity index (χ3v) is 5.70. The molecule has 4 rings (SSSR count). The summed E-state index contributed by atoms with van der Waals surface area (Å²) in [7, 11) is 4.11. The summed E-state index contributed by atoms with van der Waals surface area (Å²) in [6.07, 6.45) is 3.74. The van der Waals surface area contributed by atoms with Crippen LogP contribution < -0.4 is 10.9 Å². The van der Waals surface area contributed by atoms with Crippen LogP contribution in [0.1, 0.15) is 6.42 Å². The van der Waals surface area contributed by atoms with Gasteiger partial charge in [-0.25, -0.2) is 4.98 Å². The third kappa shape index (κ3) is 4.86. The quantitative estimate of drug-likeness (QED) is 0.436. The average Bonchev–Trinajstić information content (AvgIpc) is 3.14. The monoisotopic (exact) mass is 481 g/mol. The van der Waals surface area contributed by atoms with E-state index in [2.05, 4.69) is 62.1 Å². The first-order valence-electron chi connectivity index (χ1n) is 10.1. The zero-order valence-corrected chi connectivity index (χ0v) is 19.1. The van der Waals surface area contributed by atoms with E-state index in [0.29, 0.717) is 10.9 Å². The molecule has 0 saturated carbocycles. The summed E-state index contributed by atoms with van der Waals surface area (Å²) >= 11 is 3.38. The molecule has 2 aromatic heterocycles. The van der Waals surface area contributed by atoms with Crippen LogP contribution in [0.5, 0.6) is 0 Å². The van der Waals surface area contributed by atoms with Gasteiger partial charge in [0.1, 0.15) is 0 Å². The molecule has 4 aromatic rings. The Morgan fingerprint density at radius 2 is 1.94 bits per heavy atom. The van der Waals surface area contributed by atoms with Gasteiger partial charge in [0.2, 0.25) is 5.91 Å². The van der Waals surface area contributed by atoms with E-state index in [1.807, 2.05) is 24.3 Å². The van der Waals surface area contributed by atoms with Gasteiger partial charge in [-0.15, -0.1) is 0 Å². The normalized spacial score (nSPS) is 11.5. The lowest BCUT2D eigenvalue weighted by Gasteiger charge is -2.11. The van der Waals surface area contributed by atoms with Gasteiger partial charge in [-0.05, 0) is 56.6 Å². The van der Waals surface area contributed by atoms with Crippen LogP contribution in [0.25, 0.3) is 21.8 Å². The van der Waals surface area contributed by atoms with Crippen LogP contribution in [0.15, 0.2) is 64.3 Å². The number of amides is 1. The first-order valence-corrected chi connectivity index (χ1v) is 10.9. The Morgan fingerprint density at radius 3 is 2.74 bits per heavy atom. The summed E-state index contributed by atoms with van der Waals surface area (Å²) in [4.78, 5) is 31.6. The molecule has 0 aliphatic rings. The molecule has 0 fully saturated rings. The van der Waals surface area contributed by atoms with Gasteiger partial charge in [0.05, 0.1) is 17.2 Å². The zero-order chi connectivity index (χ0) is 22.0. The van der Waals surface area contributed by atoms with E-state index in [1.54, 1.807) is 12.1 Å². The summed E-state index contributed by atoms with van der Waals surface area (Å²) in [6, 6.07) is 13.4. The smallest absolute Gasteiger partial charge is 0.261 e. The molecule has 7 nitrogen and oxygen atoms in total. The number of benzene rings is 2. The number of nitrogens with one attached hydrogen (secondary N) is 1. The van der Waals surface area contributed by atoms with Crippen molar-refractivity contribution in [2.45, 2.75) is 19.5 Å². The maximum absolute atomic E-state index is 12.7. The molecule has 1 amide bonds. The molecule has 2 heterocycles. The Balaban J connectivity index is 1.42. The van der Waals surface area contributed by atoms with Crippen LogP contribution in [-0.2, 0) is 17.9 Å². The number of rotatable bonds is 7. The highest BCUT2D eigenvalue weighted by Gasteiger charge is 2.09. The predicted molar refractivity (Wildman–Crippen MR) is 127 cm³/mol. The van der Waals surface area contributed by atoms with Gasteiger partial charge in [-0.2, -0.15) is 0 Å². The fourth-order valence-electron chi connectivity index (χ4n) is 3.52. The molecule has 0 radical (unpaired) electrons. The summed E-state index contributed by atoms with van der Waals surface area (Å²) in [5, 5.41) is 4.54. The van der Waals surface area contributed by atoms with Crippen LogP contribution in [-0.4, -0.2) is 45.6 Å². The van der Waals surface area contributed by atoms with E-state index < -0.39 is 0 Å². The fourth-order valence-corrected chi connectivity index (χ4v) is 3.88. The fraction of sp³-hybridized carbons (Fsp3) is 0.261. The molecule has 0 atom stereocenters. The second-order valence-electron chi connectivity index (χ2n) is 7.79. The van der Waals surface area contributed by atoms with Crippen molar-refractivity contribution in [3.05, 3.63) is 69.8 Å². The van der Waals surface area contributed by atoms with Crippen molar-refractivity contribution in [3.63, 3.8) is 0 Å². The molecule has 0 spiro atoms. The third-order valence-electron chi connectivity index (χ3n) is 5.21. The average molecular weight is 482 g/mol. The number of fused-ring (bicyclic) bond motifs is 2. The first kappa shape index (κ1) is 21.3. The van der Waals surface area contributed by atoms with Crippen LogP contribution in [0.4, 0.5) is 5.69 Å². The molecule has 0 unspecified atom stereocenters. The van der Waals surface area contributed by atoms with Crippen molar-refractivity contribution in [1.29, 1.82) is 0 Å². The van der Waals surface area contributed by atoms with Gasteiger partial charge in [-0.3, -0.25) is 14.2 Å². The minimum Gasteiger partial charge on any atom is -0.346 e. The molecule has 1 N–H and O–H groups in total. The highest BCUT2D eigenvalue weighted by Crippen LogP contribution is 2.21. The van der Waals surface area contributed by atoms with Crippen molar-refractivity contribution in [3.8, 4) is 0 Å². The lowest BCUT2D eigenvalue weighted by molar-refractivity contribution is -0.116. The van der Waals surface area contributed by atoms with E-state index in [9.17, 15) is 9.59 Å². The van der Waals surface area contributed by atoms with E-state index in [0.717, 1.165) is 34.2 Å². The predicted octanol–water partition coefficient (Wildman–Crippen LogP) is 3.70. The summed E-state index contributed by atoms with van der Waals surface area (Å²) in [5.41, 5.74) is 2.37. The topological polar surface area (TPSA) is 72.2 Å². The number of anilines is 1. The lowest BCUT2D eigenvalue weighted by Crippen LogP contribution is -2.23. The van der Waals surface area contributed by atoms with Crippen LogP contribution in [0.3, 0.4) is 0 Å². The molecule has 0 saturated heterocycles. The summed E-state index contributed by atoms with van der Waals surface area (Å²) in [6.45, 7) is 2.14. The molecule has 0 aliphatic heterocycles. The Bertz CT molecular complexity index is 1310. The number of likely N-dealkylation sites (N-methyl/N-ethyl adjacent to an activating group) is 1. The number of carbonyl (C=O) groups excluding carboxylic acids is 1. The van der Waals surface area contributed by atoms with Crippen molar-refractivity contribution in [2.75, 3.05) is 26.0 Å². The standard InChI is InChI=1S/C23H24BrN5O2/c1-27(2)11-12-28-9-7-16-13-18(4-6-21(16)28)26-22(30)8-10-29-15-25-20-5-3-17(24)14-19(20)23(29)31/h3-7,9,13-15H,8,10-12H2,1-2H3,(H,26,30). The van der Waals surface area contributed by atoms with Crippen molar-refractivity contribution in [1.82, 2.24) is 19.0 Å². The minimum absolute atomic E-state index is 0.146. The number of hydrogen-bond donors (Lipinski definition) is 1. The van der Waals surface area contributed by atoms with Gasteiger partial charge in [0.15, 0.2) is 0 Å². The first-order chi connectivity index (χ1) is 14.9. The molecule has 8 heteroatoms. The molecule has 160 valence electrons. The van der Waals surface area contributed by atoms with Crippen LogP contribution in [0.2, 0.25) is 0 Å². The lowest BCUT2D eigenvalue weighted by atomic mass is 10.2. The zero-order valence-electron chi connectivity index (χ0n) is 17.5. The molecule has 0 aliphatic carbocycles. The van der Waals surface area contributed by atoms with E-state index in [-0.39, 0.29) is 24.4 Å². The van der Waals surface area contributed by atoms with E-state index in [4.69, 9.17) is 0 Å². The number of hydrogen-bond acceptors (Lipinski definition) is 4.